The molecule has 0 saturated carbocycles. The summed E-state index contributed by atoms with van der Waals surface area (Å²) in [6.45, 7) is 0. The first kappa shape index (κ1) is 141. The van der Waals surface area contributed by atoms with Crippen molar-refractivity contribution in [2.45, 2.75) is 0 Å². The lowest BCUT2D eigenvalue weighted by atomic mass is 10.2. The van der Waals surface area contributed by atoms with Gasteiger partial charge in [-0.2, -0.15) is 63.8 Å². The number of hydrazine groups is 6. The number of para-hydroxylation sites is 6. The molecule has 6 aromatic carbocycles. The fourth-order valence-electron chi connectivity index (χ4n) is 14.7. The summed E-state index contributed by atoms with van der Waals surface area (Å²) in [7, 11) is 38.1. The van der Waals surface area contributed by atoms with Gasteiger partial charge in [-0.1, -0.05) is 109 Å². The Kier molecular flexibility index (Phi) is 63.8. The zero-order valence-corrected chi connectivity index (χ0v) is 101. The molecule has 6 aliphatic rings. The molecule has 0 amide bonds. The molecule has 6 N–H and O–H groups in total. The van der Waals surface area contributed by atoms with Crippen LogP contribution in [0.2, 0.25) is 0 Å². The molecule has 150 heavy (non-hydrogen) atoms. The number of hydrogen-bond acceptors (Lipinski definition) is 54. The third-order valence-corrected chi connectivity index (χ3v) is 40.6. The van der Waals surface area contributed by atoms with Gasteiger partial charge in [0.25, 0.3) is 0 Å². The minimum absolute atomic E-state index is 0.947. The van der Waals surface area contributed by atoms with Gasteiger partial charge in [0.2, 0.25) is 0 Å². The first-order chi connectivity index (χ1) is 69.7. The van der Waals surface area contributed by atoms with Crippen LogP contribution < -0.4 is 93.6 Å². The van der Waals surface area contributed by atoms with Crippen molar-refractivity contribution in [1.82, 2.24) is 117 Å². The van der Waals surface area contributed by atoms with Crippen LogP contribution in [0.25, 0.3) is 0 Å². The summed E-state index contributed by atoms with van der Waals surface area (Å²) in [5, 5.41) is 34.8. The molecular formula is C78H144F6N36O18P12+6. The Hall–Kier alpha value is -7.50. The quantitative estimate of drug-likeness (QED) is 0.0180. The van der Waals surface area contributed by atoms with E-state index in [1.165, 1.54) is 0 Å². The number of benzene rings is 6. The molecule has 0 aromatic heterocycles. The van der Waals surface area contributed by atoms with Gasteiger partial charge < -0.3 is 29.4 Å². The predicted octanol–water partition coefficient (Wildman–Crippen LogP) is 9.68. The highest BCUT2D eigenvalue weighted by atomic mass is 31.2. The molecule has 0 saturated heterocycles. The van der Waals surface area contributed by atoms with E-state index in [2.05, 4.69) is 148 Å². The van der Waals surface area contributed by atoms with Crippen LogP contribution in [-0.4, -0.2) is 375 Å². The monoisotopic (exact) mass is 2360 g/mol. The maximum Gasteiger partial charge on any atom is 0.540 e. The van der Waals surface area contributed by atoms with Crippen LogP contribution in [0.4, 0.5) is 59.3 Å². The number of nitrogens with one attached hydrogen (secondary N) is 6. The van der Waals surface area contributed by atoms with Gasteiger partial charge in [-0.3, -0.25) is 0 Å². The summed E-state index contributed by atoms with van der Waals surface area (Å²) >= 11 is 0. The summed E-state index contributed by atoms with van der Waals surface area (Å²) in [5.74, 6) is 0. The van der Waals surface area contributed by atoms with Gasteiger partial charge in [0.15, 0.2) is 0 Å². The summed E-state index contributed by atoms with van der Waals surface area (Å²) in [6, 6.07) is 47.9. The van der Waals surface area contributed by atoms with E-state index in [0.717, 1.165) is 67.5 Å². The lowest BCUT2D eigenvalue weighted by Gasteiger charge is -2.39. The summed E-state index contributed by atoms with van der Waals surface area (Å²) in [5.41, 5.74) is 29.3. The van der Waals surface area contributed by atoms with Gasteiger partial charge in [-0.05, 0) is 91.5 Å². The van der Waals surface area contributed by atoms with Crippen LogP contribution in [0, 0.1) is 0 Å². The lowest BCUT2D eigenvalue weighted by Crippen LogP contribution is -2.46. The molecule has 840 valence electrons. The van der Waals surface area contributed by atoms with Crippen LogP contribution in [0.5, 0.6) is 0 Å². The van der Waals surface area contributed by atoms with Crippen LogP contribution in [0.3, 0.4) is 0 Å². The minimum atomic E-state index is -3.62. The third-order valence-electron chi connectivity index (χ3n) is 19.6. The normalized spacial score (nSPS) is 14.2. The highest BCUT2D eigenvalue weighted by Gasteiger charge is 2.60. The zero-order chi connectivity index (χ0) is 115. The average molecular weight is 2360 g/mol. The molecule has 0 radical (unpaired) electrons. The predicted molar refractivity (Wildman–Crippen MR) is 585 cm³/mol. The zero-order valence-electron chi connectivity index (χ0n) is 90.7. The topological polar surface area (TPSA) is 520 Å². The van der Waals surface area contributed by atoms with Crippen molar-refractivity contribution >= 4 is 169 Å². The fourth-order valence-corrected chi connectivity index (χ4v) is 32.3. The first-order valence-corrected chi connectivity index (χ1v) is 59.2. The number of halogens is 6. The molecule has 6 aromatic rings. The van der Waals surface area contributed by atoms with E-state index in [1.807, 2.05) is 399 Å². The molecule has 54 nitrogen and oxygen atoms in total. The van der Waals surface area contributed by atoms with E-state index >= 15 is 0 Å². The summed E-state index contributed by atoms with van der Waals surface area (Å²) in [4.78, 5) is 50.2. The van der Waals surface area contributed by atoms with Crippen LogP contribution in [0.1, 0.15) is 33.4 Å². The number of anilines is 6. The largest absolute Gasteiger partial charge is 0.562 e. The van der Waals surface area contributed by atoms with Gasteiger partial charge in [0.05, 0.1) is 62.5 Å². The minimum Gasteiger partial charge on any atom is -0.562 e. The molecule has 6 atom stereocenters. The van der Waals surface area contributed by atoms with Gasteiger partial charge in [-0.25, -0.2) is 0 Å². The molecule has 0 bridgehead atoms. The second kappa shape index (κ2) is 68.1. The van der Waals surface area contributed by atoms with Crippen molar-refractivity contribution in [2.75, 3.05) is 285 Å². The maximum atomic E-state index is 9.95. The highest BCUT2D eigenvalue weighted by Crippen LogP contribution is 2.70. The van der Waals surface area contributed by atoms with Crippen LogP contribution in [0.15, 0.2) is 176 Å². The SMILES string of the molecule is CN(C)[P+](ON1NN=Cc2ccccc21)(N(C)C)N(C)C.CN(C)[P+](ON1NN=Cc2ccccc21)(N(C)C)N(C)C.CN(C)[P+](ON1NN=Cc2ccccc21)(N(C)C)N(C)C.CN(C)[P+](ON1NN=Cc2ccccc21)(N(C)C)N(C)C.CN(C)[P+](ON1NN=Cc2ccccc21)(N(C)C)N(C)C.CN(C)[P+](ON1NN=Cc2ccccc21)(N(C)C)N(C)C.O=[P+]([O-])F.O=[P+]([O-])F.O=[P+]([O-])F.O=[P+]([O-])F.O=[P+]([O-])F.O=[P+]([O-])F. The smallest absolute Gasteiger partial charge is 0.540 e. The molecule has 6 heterocycles. The van der Waals surface area contributed by atoms with E-state index in [9.17, 15) is 25.2 Å². The van der Waals surface area contributed by atoms with Crippen LogP contribution in [-0.2, 0) is 55.1 Å². The molecule has 0 fully saturated rings. The van der Waals surface area contributed by atoms with Gasteiger partial charge >= 0.3 is 97.7 Å². The Morgan fingerprint density at radius 2 is 0.273 bits per heavy atom. The van der Waals surface area contributed by atoms with E-state index < -0.39 is 97.7 Å². The second-order valence-corrected chi connectivity index (χ2v) is 57.5. The number of nitrogens with zero attached hydrogens (tertiary/aromatic N) is 30. The molecule has 6 aliphatic heterocycles. The van der Waals surface area contributed by atoms with E-state index in [-0.39, 0.29) is 0 Å². The third kappa shape index (κ3) is 41.6. The highest BCUT2D eigenvalue weighted by molar-refractivity contribution is 7.66. The van der Waals surface area contributed by atoms with E-state index in [0.29, 0.717) is 0 Å². The molecule has 0 aliphatic carbocycles. The number of fused-ring (bicyclic) bond motifs is 6. The van der Waals surface area contributed by atoms with Gasteiger partial charge in [-0.15, -0.1) is 115 Å². The molecule has 12 rings (SSSR count). The fraction of sp³-hybridized carbons (Fsp3) is 0.462. The lowest BCUT2D eigenvalue weighted by molar-refractivity contribution is -0.175. The van der Waals surface area contributed by atoms with Crippen molar-refractivity contribution in [2.24, 2.45) is 30.6 Å². The molecule has 6 unspecified atom stereocenters. The van der Waals surface area contributed by atoms with E-state index in [4.69, 9.17) is 84.5 Å². The van der Waals surface area contributed by atoms with Crippen molar-refractivity contribution in [1.29, 1.82) is 0 Å². The van der Waals surface area contributed by atoms with Crippen molar-refractivity contribution in [3.63, 3.8) is 0 Å². The molecule has 72 heteroatoms. The summed E-state index contributed by atoms with van der Waals surface area (Å²) < 4.78 is 186. The Morgan fingerprint density at radius 1 is 0.193 bits per heavy atom. The van der Waals surface area contributed by atoms with Crippen molar-refractivity contribution < 1.29 is 110 Å². The Bertz CT molecular complexity index is 4370. The Morgan fingerprint density at radius 3 is 0.353 bits per heavy atom. The number of hydrazone groups is 6. The number of hydrogen-bond donors (Lipinski definition) is 6. The maximum absolute atomic E-state index is 9.95. The Balaban J connectivity index is 0.000000860. The van der Waals surface area contributed by atoms with Crippen molar-refractivity contribution in [3.05, 3.63) is 179 Å². The van der Waals surface area contributed by atoms with Gasteiger partial charge in [0, 0.05) is 287 Å². The van der Waals surface area contributed by atoms with E-state index in [1.54, 1.807) is 68.3 Å². The van der Waals surface area contributed by atoms with Crippen LogP contribution >= 0.6 is 97.7 Å². The first-order valence-electron chi connectivity index (χ1n) is 43.4. The average Bonchev–Trinajstić information content (AvgIpc) is 0.797. The molecule has 0 spiro atoms. The second-order valence-electron chi connectivity index (χ2n) is 33.4. The summed E-state index contributed by atoms with van der Waals surface area (Å²) in [6.07, 6.45) is 10.7. The Labute approximate surface area is 885 Å². The van der Waals surface area contributed by atoms with Gasteiger partial charge in [0.1, 0.15) is 34.1 Å². The van der Waals surface area contributed by atoms with Crippen molar-refractivity contribution in [3.8, 4) is 0 Å². The molecular weight excluding hydrogens is 2210 g/mol. The number of rotatable bonds is 30. The standard InChI is InChI=1S/6C13H24N6OP.6FO2P/c6*1-16(2)21(17(3)4,18(5)6)20-19-13-10-8-7-9-12(13)11-14-15-19;6*1-4(2)3/h6*7-11,15H,1-6H3;;;;;;/q6*+1;;;;;;.